The molecule has 1 aliphatic rings. The molecule has 9 heteroatoms. The summed E-state index contributed by atoms with van der Waals surface area (Å²) in [4.78, 5) is 25.4. The number of nitrogens with zero attached hydrogens (tertiary/aromatic N) is 5. The number of ether oxygens (including phenoxy) is 1. The zero-order chi connectivity index (χ0) is 14.1. The molecule has 0 radical (unpaired) electrons. The van der Waals surface area contributed by atoms with Gasteiger partial charge >= 0.3 is 11.7 Å². The van der Waals surface area contributed by atoms with Crippen molar-refractivity contribution in [1.29, 1.82) is 0 Å². The van der Waals surface area contributed by atoms with Gasteiger partial charge in [-0.2, -0.15) is 5.10 Å². The van der Waals surface area contributed by atoms with Gasteiger partial charge in [0.15, 0.2) is 18.1 Å². The van der Waals surface area contributed by atoms with Crippen LogP contribution >= 0.6 is 0 Å². The van der Waals surface area contributed by atoms with Crippen LogP contribution in [-0.4, -0.2) is 35.7 Å². The number of carbonyl (C=O) groups is 1. The molecule has 0 aliphatic heterocycles. The maximum Gasteiger partial charge on any atom is 0.360 e. The Balaban J connectivity index is 1.61. The van der Waals surface area contributed by atoms with Crippen molar-refractivity contribution in [3.8, 4) is 0 Å². The van der Waals surface area contributed by atoms with Crippen molar-refractivity contribution in [2.75, 3.05) is 0 Å². The van der Waals surface area contributed by atoms with Crippen molar-refractivity contribution in [1.82, 2.24) is 29.8 Å². The first-order valence-corrected chi connectivity index (χ1v) is 6.34. The molecule has 2 aromatic heterocycles. The number of carbonyl (C=O) groups excluding carboxylic acids is 1. The fourth-order valence-corrected chi connectivity index (χ4v) is 1.93. The van der Waals surface area contributed by atoms with E-state index in [9.17, 15) is 9.59 Å². The smallest absolute Gasteiger partial charge is 0.360 e. The van der Waals surface area contributed by atoms with Crippen LogP contribution < -0.4 is 5.69 Å². The van der Waals surface area contributed by atoms with Gasteiger partial charge in [0, 0.05) is 7.05 Å². The summed E-state index contributed by atoms with van der Waals surface area (Å²) in [7, 11) is 1.51. The average Bonchev–Trinajstić information content (AvgIpc) is 2.93. The summed E-state index contributed by atoms with van der Waals surface area (Å²) in [5.74, 6) is -0.292. The van der Waals surface area contributed by atoms with E-state index in [1.807, 2.05) is 0 Å². The third kappa shape index (κ3) is 2.33. The standard InChI is InChI=1S/C11H14N6O3/c1-16-11(19)12-9(14-16)6-20-10(18)8-5-17(15-13-8)7-3-2-4-7/h5,7H,2-4,6H2,1H3,(H,12,14,19). The van der Waals surface area contributed by atoms with Crippen molar-refractivity contribution in [2.24, 2.45) is 7.05 Å². The second kappa shape index (κ2) is 4.91. The number of nitrogens with one attached hydrogen (secondary N) is 1. The SMILES string of the molecule is Cn1nc(COC(=O)c2cn(C3CCC3)nn2)[nH]c1=O. The van der Waals surface area contributed by atoms with Gasteiger partial charge in [-0.3, -0.25) is 4.98 Å². The van der Waals surface area contributed by atoms with Crippen LogP contribution in [0.3, 0.4) is 0 Å². The van der Waals surface area contributed by atoms with Crippen molar-refractivity contribution >= 4 is 5.97 Å². The summed E-state index contributed by atoms with van der Waals surface area (Å²) >= 11 is 0. The summed E-state index contributed by atoms with van der Waals surface area (Å²) in [5.41, 5.74) is -0.192. The van der Waals surface area contributed by atoms with E-state index in [0.29, 0.717) is 6.04 Å². The zero-order valence-corrected chi connectivity index (χ0v) is 10.9. The zero-order valence-electron chi connectivity index (χ0n) is 10.9. The number of aromatic nitrogens is 6. The molecule has 2 heterocycles. The highest BCUT2D eigenvalue weighted by molar-refractivity contribution is 5.86. The number of aromatic amines is 1. The Bertz CT molecular complexity index is 680. The van der Waals surface area contributed by atoms with Crippen molar-refractivity contribution in [2.45, 2.75) is 31.9 Å². The average molecular weight is 278 g/mol. The minimum Gasteiger partial charge on any atom is -0.453 e. The van der Waals surface area contributed by atoms with E-state index in [1.165, 1.54) is 13.5 Å². The molecular weight excluding hydrogens is 264 g/mol. The van der Waals surface area contributed by atoms with Gasteiger partial charge in [-0.1, -0.05) is 5.21 Å². The molecule has 1 saturated carbocycles. The molecule has 20 heavy (non-hydrogen) atoms. The van der Waals surface area contributed by atoms with Gasteiger partial charge in [0.05, 0.1) is 12.2 Å². The van der Waals surface area contributed by atoms with Gasteiger partial charge in [0.2, 0.25) is 0 Å². The molecular formula is C11H14N6O3. The molecule has 1 fully saturated rings. The fraction of sp³-hybridized carbons (Fsp3) is 0.545. The number of aryl methyl sites for hydroxylation is 1. The summed E-state index contributed by atoms with van der Waals surface area (Å²) in [6.45, 7) is -0.106. The molecule has 1 aliphatic carbocycles. The highest BCUT2D eigenvalue weighted by atomic mass is 16.5. The summed E-state index contributed by atoms with van der Waals surface area (Å²) in [6.07, 6.45) is 4.89. The van der Waals surface area contributed by atoms with Crippen molar-refractivity contribution in [3.63, 3.8) is 0 Å². The van der Waals surface area contributed by atoms with Crippen LogP contribution in [0, 0.1) is 0 Å². The maximum atomic E-state index is 11.8. The van der Waals surface area contributed by atoms with Crippen LogP contribution in [0.15, 0.2) is 11.0 Å². The lowest BCUT2D eigenvalue weighted by Crippen LogP contribution is -2.17. The number of rotatable bonds is 4. The van der Waals surface area contributed by atoms with Gasteiger partial charge in [0.25, 0.3) is 0 Å². The van der Waals surface area contributed by atoms with E-state index < -0.39 is 5.97 Å². The Kier molecular flexibility index (Phi) is 3.09. The molecule has 0 aromatic carbocycles. The van der Waals surface area contributed by atoms with E-state index in [4.69, 9.17) is 4.74 Å². The molecule has 3 rings (SSSR count). The van der Waals surface area contributed by atoms with E-state index in [1.54, 1.807) is 10.9 Å². The molecule has 1 N–H and O–H groups in total. The monoisotopic (exact) mass is 278 g/mol. The van der Waals surface area contributed by atoms with E-state index in [0.717, 1.165) is 17.5 Å². The molecule has 106 valence electrons. The Morgan fingerprint density at radius 2 is 2.35 bits per heavy atom. The van der Waals surface area contributed by atoms with Gasteiger partial charge < -0.3 is 4.74 Å². The van der Waals surface area contributed by atoms with Gasteiger partial charge in [-0.05, 0) is 19.3 Å². The van der Waals surface area contributed by atoms with Crippen LogP contribution in [0.25, 0.3) is 0 Å². The molecule has 0 bridgehead atoms. The second-order valence-electron chi connectivity index (χ2n) is 4.75. The predicted octanol–water partition coefficient (Wildman–Crippen LogP) is -0.218. The third-order valence-corrected chi connectivity index (χ3v) is 3.32. The van der Waals surface area contributed by atoms with Crippen LogP contribution in [0.5, 0.6) is 0 Å². The molecule has 0 spiro atoms. The van der Waals surface area contributed by atoms with Gasteiger partial charge in [-0.15, -0.1) is 5.10 Å². The van der Waals surface area contributed by atoms with Crippen LogP contribution in [-0.2, 0) is 18.4 Å². The molecule has 0 unspecified atom stereocenters. The Morgan fingerprint density at radius 3 is 2.95 bits per heavy atom. The minimum absolute atomic E-state index is 0.106. The summed E-state index contributed by atoms with van der Waals surface area (Å²) in [5, 5.41) is 11.6. The Labute approximate surface area is 113 Å². The third-order valence-electron chi connectivity index (χ3n) is 3.32. The Morgan fingerprint density at radius 1 is 1.55 bits per heavy atom. The molecule has 0 amide bonds. The van der Waals surface area contributed by atoms with Gasteiger partial charge in [0.1, 0.15) is 0 Å². The normalized spacial score (nSPS) is 15.1. The topological polar surface area (TPSA) is 108 Å². The maximum absolute atomic E-state index is 11.8. The highest BCUT2D eigenvalue weighted by Gasteiger charge is 2.22. The summed E-state index contributed by atoms with van der Waals surface area (Å²) < 4.78 is 7.86. The Hall–Kier alpha value is -2.45. The van der Waals surface area contributed by atoms with E-state index in [2.05, 4.69) is 20.4 Å². The van der Waals surface area contributed by atoms with Crippen LogP contribution in [0.2, 0.25) is 0 Å². The lowest BCUT2D eigenvalue weighted by molar-refractivity contribution is 0.0455. The number of hydrogen-bond donors (Lipinski definition) is 1. The molecule has 9 nitrogen and oxygen atoms in total. The number of H-pyrrole nitrogens is 1. The minimum atomic E-state index is -0.581. The molecule has 2 aromatic rings. The second-order valence-corrected chi connectivity index (χ2v) is 4.75. The van der Waals surface area contributed by atoms with Crippen molar-refractivity contribution in [3.05, 3.63) is 28.2 Å². The molecule has 0 saturated heterocycles. The lowest BCUT2D eigenvalue weighted by atomic mass is 9.93. The van der Waals surface area contributed by atoms with Gasteiger partial charge in [-0.25, -0.2) is 19.0 Å². The quantitative estimate of drug-likeness (QED) is 0.775. The number of esters is 1. The van der Waals surface area contributed by atoms with Crippen LogP contribution in [0.4, 0.5) is 0 Å². The van der Waals surface area contributed by atoms with E-state index in [-0.39, 0.29) is 23.8 Å². The fourth-order valence-electron chi connectivity index (χ4n) is 1.93. The predicted molar refractivity (Wildman–Crippen MR) is 65.9 cm³/mol. The lowest BCUT2D eigenvalue weighted by Gasteiger charge is -2.24. The molecule has 0 atom stereocenters. The first kappa shape index (κ1) is 12.6. The highest BCUT2D eigenvalue weighted by Crippen LogP contribution is 2.30. The number of hydrogen-bond acceptors (Lipinski definition) is 6. The largest absolute Gasteiger partial charge is 0.453 e. The van der Waals surface area contributed by atoms with Crippen LogP contribution in [0.1, 0.15) is 41.6 Å². The first-order valence-electron chi connectivity index (χ1n) is 6.34. The summed E-state index contributed by atoms with van der Waals surface area (Å²) in [6, 6.07) is 0.344. The van der Waals surface area contributed by atoms with E-state index >= 15 is 0 Å². The first-order chi connectivity index (χ1) is 9.63. The van der Waals surface area contributed by atoms with Crippen molar-refractivity contribution < 1.29 is 9.53 Å².